The molecule has 1 fully saturated rings. The third-order valence-corrected chi connectivity index (χ3v) is 5.56. The second-order valence-electron chi connectivity index (χ2n) is 7.52. The molecule has 1 saturated heterocycles. The van der Waals surface area contributed by atoms with Crippen LogP contribution in [0.15, 0.2) is 42.5 Å². The lowest BCUT2D eigenvalue weighted by Gasteiger charge is -2.47. The normalized spacial score (nSPS) is 18.3. The van der Waals surface area contributed by atoms with Crippen LogP contribution >= 0.6 is 0 Å². The third-order valence-electron chi connectivity index (χ3n) is 5.56. The number of piperidine rings is 1. The number of alkyl halides is 3. The first-order valence-corrected chi connectivity index (χ1v) is 10.2. The Morgan fingerprint density at radius 2 is 2.00 bits per heavy atom. The van der Waals surface area contributed by atoms with Gasteiger partial charge in [-0.2, -0.15) is 0 Å². The zero-order valence-corrected chi connectivity index (χ0v) is 16.9. The van der Waals surface area contributed by atoms with Gasteiger partial charge in [-0.1, -0.05) is 6.07 Å². The van der Waals surface area contributed by atoms with Crippen molar-refractivity contribution < 1.29 is 27.5 Å². The van der Waals surface area contributed by atoms with E-state index in [1.54, 1.807) is 18.2 Å². The highest BCUT2D eigenvalue weighted by molar-refractivity contribution is 6.08. The number of carbonyl (C=O) groups excluding carboxylic acids is 2. The molecule has 9 heteroatoms. The van der Waals surface area contributed by atoms with Crippen molar-refractivity contribution in [3.8, 4) is 5.75 Å². The summed E-state index contributed by atoms with van der Waals surface area (Å²) >= 11 is 0. The number of nitrogens with one attached hydrogen (secondary N) is 1. The van der Waals surface area contributed by atoms with Crippen LogP contribution in [0, 0.1) is 0 Å². The summed E-state index contributed by atoms with van der Waals surface area (Å²) in [5, 5.41) is 2.59. The number of carbonyl (C=O) groups is 2. The highest BCUT2D eigenvalue weighted by Gasteiger charge is 2.38. The molecule has 31 heavy (non-hydrogen) atoms. The van der Waals surface area contributed by atoms with Gasteiger partial charge in [0.2, 0.25) is 0 Å². The molecule has 0 radical (unpaired) electrons. The summed E-state index contributed by atoms with van der Waals surface area (Å²) in [5.74, 6) is -0.939. The molecule has 1 N–H and O–H groups in total. The molecule has 0 aromatic heterocycles. The topological polar surface area (TPSA) is 61.9 Å². The molecule has 2 amide bonds. The van der Waals surface area contributed by atoms with E-state index in [9.17, 15) is 22.8 Å². The molecule has 1 atom stereocenters. The molecule has 2 aliphatic heterocycles. The Hall–Kier alpha value is -3.23. The summed E-state index contributed by atoms with van der Waals surface area (Å²) in [7, 11) is 0. The van der Waals surface area contributed by atoms with Crippen molar-refractivity contribution >= 4 is 23.2 Å². The van der Waals surface area contributed by atoms with E-state index in [0.717, 1.165) is 37.9 Å². The van der Waals surface area contributed by atoms with Gasteiger partial charge in [-0.15, -0.1) is 13.2 Å². The summed E-state index contributed by atoms with van der Waals surface area (Å²) in [5.41, 5.74) is 1.75. The van der Waals surface area contributed by atoms with E-state index in [1.807, 2.05) is 11.8 Å². The van der Waals surface area contributed by atoms with Crippen molar-refractivity contribution in [2.75, 3.05) is 23.3 Å². The van der Waals surface area contributed by atoms with Crippen LogP contribution in [-0.4, -0.2) is 42.3 Å². The molecule has 0 spiro atoms. The summed E-state index contributed by atoms with van der Waals surface area (Å²) < 4.78 is 41.2. The predicted octanol–water partition coefficient (Wildman–Crippen LogP) is 4.63. The highest BCUT2D eigenvalue weighted by atomic mass is 19.4. The zero-order valence-electron chi connectivity index (χ0n) is 16.9. The first kappa shape index (κ1) is 21.0. The van der Waals surface area contributed by atoms with E-state index in [2.05, 4.69) is 15.0 Å². The fourth-order valence-electron chi connectivity index (χ4n) is 4.24. The molecule has 2 heterocycles. The summed E-state index contributed by atoms with van der Waals surface area (Å²) in [6.45, 7) is 3.41. The number of hydrogen-bond acceptors (Lipinski definition) is 4. The van der Waals surface area contributed by atoms with Crippen molar-refractivity contribution in [3.63, 3.8) is 0 Å². The van der Waals surface area contributed by atoms with Gasteiger partial charge in [0, 0.05) is 30.4 Å². The molecule has 1 unspecified atom stereocenters. The molecule has 164 valence electrons. The van der Waals surface area contributed by atoms with Gasteiger partial charge in [0.25, 0.3) is 11.8 Å². The first-order chi connectivity index (χ1) is 14.8. The molecular weight excluding hydrogens is 411 g/mol. The standard InChI is InChI=1S/C22H22F3N3O3/c1-2-27-18-12-14(9-10-17(18)21(30)28-11-4-3-8-19(27)28)20(29)26-15-6-5-7-16(13-15)31-22(23,24)25/h5-7,9-10,12-13,19H,2-4,8,11H2,1H3,(H,26,29). The fraction of sp³-hybridized carbons (Fsp3) is 0.364. The van der Waals surface area contributed by atoms with Crippen molar-refractivity contribution in [2.24, 2.45) is 0 Å². The van der Waals surface area contributed by atoms with Crippen molar-refractivity contribution in [3.05, 3.63) is 53.6 Å². The number of rotatable bonds is 4. The molecule has 4 rings (SSSR count). The maximum atomic E-state index is 12.9. The molecule has 6 nitrogen and oxygen atoms in total. The van der Waals surface area contributed by atoms with E-state index in [0.29, 0.717) is 23.4 Å². The fourth-order valence-corrected chi connectivity index (χ4v) is 4.24. The van der Waals surface area contributed by atoms with Gasteiger partial charge in [-0.25, -0.2) is 0 Å². The number of ether oxygens (including phenoxy) is 1. The molecule has 2 aromatic carbocycles. The van der Waals surface area contributed by atoms with Crippen LogP contribution in [0.4, 0.5) is 24.5 Å². The zero-order chi connectivity index (χ0) is 22.2. The van der Waals surface area contributed by atoms with Crippen LogP contribution in [0.2, 0.25) is 0 Å². The number of anilines is 2. The Labute approximate surface area is 177 Å². The lowest BCUT2D eigenvalue weighted by Crippen LogP contribution is -2.57. The minimum Gasteiger partial charge on any atom is -0.406 e. The predicted molar refractivity (Wildman–Crippen MR) is 109 cm³/mol. The number of halogens is 3. The van der Waals surface area contributed by atoms with Crippen LogP contribution in [0.1, 0.15) is 46.9 Å². The van der Waals surface area contributed by atoms with Crippen LogP contribution in [-0.2, 0) is 0 Å². The van der Waals surface area contributed by atoms with E-state index in [1.165, 1.54) is 12.1 Å². The van der Waals surface area contributed by atoms with Gasteiger partial charge in [-0.3, -0.25) is 9.59 Å². The van der Waals surface area contributed by atoms with Crippen molar-refractivity contribution in [1.82, 2.24) is 4.90 Å². The van der Waals surface area contributed by atoms with Gasteiger partial charge < -0.3 is 19.9 Å². The first-order valence-electron chi connectivity index (χ1n) is 10.2. The Kier molecular flexibility index (Phi) is 5.51. The maximum Gasteiger partial charge on any atom is 0.573 e. The van der Waals surface area contributed by atoms with Crippen LogP contribution in [0.25, 0.3) is 0 Å². The monoisotopic (exact) mass is 433 g/mol. The smallest absolute Gasteiger partial charge is 0.406 e. The van der Waals surface area contributed by atoms with Crippen molar-refractivity contribution in [1.29, 1.82) is 0 Å². The molecule has 0 bridgehead atoms. The van der Waals surface area contributed by atoms with Gasteiger partial charge in [0.1, 0.15) is 11.9 Å². The Morgan fingerprint density at radius 3 is 2.74 bits per heavy atom. The molecule has 0 aliphatic carbocycles. The quantitative estimate of drug-likeness (QED) is 0.764. The highest BCUT2D eigenvalue weighted by Crippen LogP contribution is 2.36. The lowest BCUT2D eigenvalue weighted by atomic mass is 9.97. The minimum atomic E-state index is -4.82. The summed E-state index contributed by atoms with van der Waals surface area (Å²) in [4.78, 5) is 29.7. The Morgan fingerprint density at radius 1 is 1.19 bits per heavy atom. The number of hydrogen-bond donors (Lipinski definition) is 1. The Balaban J connectivity index is 1.58. The van der Waals surface area contributed by atoms with Crippen molar-refractivity contribution in [2.45, 2.75) is 38.7 Å². The third kappa shape index (κ3) is 4.30. The second-order valence-corrected chi connectivity index (χ2v) is 7.52. The van der Waals surface area contributed by atoms with Crippen LogP contribution in [0.3, 0.4) is 0 Å². The lowest BCUT2D eigenvalue weighted by molar-refractivity contribution is -0.274. The average Bonchev–Trinajstić information content (AvgIpc) is 2.73. The van der Waals surface area contributed by atoms with Gasteiger partial charge in [-0.05, 0) is 56.5 Å². The van der Waals surface area contributed by atoms with Gasteiger partial charge in [0.15, 0.2) is 0 Å². The van der Waals surface area contributed by atoms with E-state index in [4.69, 9.17) is 0 Å². The van der Waals surface area contributed by atoms with Gasteiger partial charge in [0.05, 0.1) is 11.3 Å². The number of benzene rings is 2. The number of amides is 2. The van der Waals surface area contributed by atoms with E-state index in [-0.39, 0.29) is 17.8 Å². The summed E-state index contributed by atoms with van der Waals surface area (Å²) in [6.07, 6.45) is -1.94. The van der Waals surface area contributed by atoms with E-state index < -0.39 is 18.0 Å². The van der Waals surface area contributed by atoms with Gasteiger partial charge >= 0.3 is 6.36 Å². The molecule has 0 saturated carbocycles. The molecule has 2 aromatic rings. The maximum absolute atomic E-state index is 12.9. The SMILES string of the molecule is CCN1c2cc(C(=O)Nc3cccc(OC(F)(F)F)c3)ccc2C(=O)N2CCCCC21. The van der Waals surface area contributed by atoms with Crippen LogP contribution in [0.5, 0.6) is 5.75 Å². The van der Waals surface area contributed by atoms with E-state index >= 15 is 0 Å². The average molecular weight is 433 g/mol. The number of fused-ring (bicyclic) bond motifs is 2. The number of nitrogens with zero attached hydrogens (tertiary/aromatic N) is 2. The largest absolute Gasteiger partial charge is 0.573 e. The van der Waals surface area contributed by atoms with Crippen LogP contribution < -0.4 is 15.0 Å². The minimum absolute atomic E-state index is 0.0201. The second kappa shape index (κ2) is 8.13. The molecule has 2 aliphatic rings. The molecular formula is C22H22F3N3O3. The Bertz CT molecular complexity index is 1010. The summed E-state index contributed by atoms with van der Waals surface area (Å²) in [6, 6.07) is 9.96.